The largest absolute Gasteiger partial charge is 0.358 e. The molecule has 7 nitrogen and oxygen atoms in total. The van der Waals surface area contributed by atoms with E-state index in [1.807, 2.05) is 42.2 Å². The summed E-state index contributed by atoms with van der Waals surface area (Å²) in [6, 6.07) is 18.9. The molecule has 1 aromatic heterocycles. The van der Waals surface area contributed by atoms with Gasteiger partial charge in [0.25, 0.3) is 5.91 Å². The van der Waals surface area contributed by atoms with Crippen LogP contribution >= 0.6 is 23.2 Å². The first-order valence-corrected chi connectivity index (χ1v) is 16.0. The molecular weight excluding hydrogens is 581 g/mol. The van der Waals surface area contributed by atoms with E-state index in [-0.39, 0.29) is 12.5 Å². The van der Waals surface area contributed by atoms with Crippen molar-refractivity contribution >= 4 is 45.0 Å². The van der Waals surface area contributed by atoms with E-state index in [1.54, 1.807) is 48.7 Å². The van der Waals surface area contributed by atoms with Gasteiger partial charge in [-0.05, 0) is 66.8 Å². The predicted octanol–water partition coefficient (Wildman–Crippen LogP) is 6.75. The molecule has 1 aliphatic carbocycles. The average molecular weight is 615 g/mol. The van der Waals surface area contributed by atoms with E-state index in [2.05, 4.69) is 11.6 Å². The molecule has 2 aliphatic rings. The molecule has 1 aliphatic heterocycles. The maximum Gasteiger partial charge on any atom is 0.252 e. The Kier molecular flexibility index (Phi) is 9.04. The number of hydrogen-bond donors (Lipinski definition) is 0. The van der Waals surface area contributed by atoms with Gasteiger partial charge in [0.15, 0.2) is 0 Å². The second-order valence-corrected chi connectivity index (χ2v) is 13.4. The molecule has 4 atom stereocenters. The fourth-order valence-corrected chi connectivity index (χ4v) is 7.56. The summed E-state index contributed by atoms with van der Waals surface area (Å²) in [5.41, 5.74) is 1.63. The highest BCUT2D eigenvalue weighted by Crippen LogP contribution is 2.45. The lowest BCUT2D eigenvalue weighted by Gasteiger charge is -2.48. The number of nitrogens with zero attached hydrogens (tertiary/aromatic N) is 3. The van der Waals surface area contributed by atoms with Crippen LogP contribution in [0.15, 0.2) is 85.6 Å². The molecular formula is C31H33Cl2N3O4S. The number of morpholine rings is 1. The Labute approximate surface area is 251 Å². The summed E-state index contributed by atoms with van der Waals surface area (Å²) in [5, 5.41) is 0.673. The van der Waals surface area contributed by atoms with E-state index in [4.69, 9.17) is 27.9 Å². The number of benzene rings is 2. The topological polar surface area (TPSA) is 79.8 Å². The van der Waals surface area contributed by atoms with Crippen molar-refractivity contribution in [3.63, 3.8) is 0 Å². The van der Waals surface area contributed by atoms with Gasteiger partial charge in [-0.15, -0.1) is 6.58 Å². The summed E-state index contributed by atoms with van der Waals surface area (Å²) in [5.74, 6) is 0.121. The minimum atomic E-state index is -3.67. The highest BCUT2D eigenvalue weighted by molar-refractivity contribution is 7.93. The molecule has 0 spiro atoms. The van der Waals surface area contributed by atoms with E-state index in [0.29, 0.717) is 41.5 Å². The van der Waals surface area contributed by atoms with Gasteiger partial charge in [-0.2, -0.15) is 0 Å². The molecule has 3 aromatic rings. The number of hydrogen-bond acceptors (Lipinski definition) is 5. The van der Waals surface area contributed by atoms with Gasteiger partial charge in [0.05, 0.1) is 23.9 Å². The van der Waals surface area contributed by atoms with Gasteiger partial charge in [0.1, 0.15) is 18.0 Å². The van der Waals surface area contributed by atoms with E-state index in [9.17, 15) is 13.2 Å². The summed E-state index contributed by atoms with van der Waals surface area (Å²) < 4.78 is 35.3. The Hall–Kier alpha value is -2.91. The van der Waals surface area contributed by atoms with Crippen LogP contribution in [0.3, 0.4) is 0 Å². The van der Waals surface area contributed by atoms with Gasteiger partial charge in [0.2, 0.25) is 10.0 Å². The van der Waals surface area contributed by atoms with Crippen molar-refractivity contribution in [3.8, 4) is 0 Å². The third-order valence-corrected chi connectivity index (χ3v) is 10.3. The van der Waals surface area contributed by atoms with Gasteiger partial charge in [0, 0.05) is 22.7 Å². The second-order valence-electron chi connectivity index (χ2n) is 10.4. The van der Waals surface area contributed by atoms with E-state index >= 15 is 0 Å². The van der Waals surface area contributed by atoms with Gasteiger partial charge >= 0.3 is 0 Å². The van der Waals surface area contributed by atoms with E-state index in [0.717, 1.165) is 11.1 Å². The van der Waals surface area contributed by atoms with Crippen molar-refractivity contribution in [1.29, 1.82) is 0 Å². The van der Waals surface area contributed by atoms with Crippen LogP contribution in [0.4, 0.5) is 5.82 Å². The van der Waals surface area contributed by atoms with Gasteiger partial charge in [-0.3, -0.25) is 9.10 Å². The zero-order valence-corrected chi connectivity index (χ0v) is 25.1. The van der Waals surface area contributed by atoms with Crippen LogP contribution in [0.5, 0.6) is 0 Å². The molecule has 2 heterocycles. The fourth-order valence-electron chi connectivity index (χ4n) is 5.39. The van der Waals surface area contributed by atoms with Crippen LogP contribution in [0, 0.1) is 0 Å². The summed E-state index contributed by atoms with van der Waals surface area (Å²) in [6.45, 7) is 5.87. The quantitative estimate of drug-likeness (QED) is 0.223. The number of anilines is 1. The molecule has 0 bridgehead atoms. The van der Waals surface area contributed by atoms with Crippen molar-refractivity contribution in [1.82, 2.24) is 9.88 Å². The molecule has 0 N–H and O–H groups in total. The lowest BCUT2D eigenvalue weighted by atomic mass is 9.89. The molecule has 41 heavy (non-hydrogen) atoms. The van der Waals surface area contributed by atoms with Crippen molar-refractivity contribution in [2.24, 2.45) is 0 Å². The molecule has 1 saturated heterocycles. The molecule has 5 rings (SSSR count). The minimum absolute atomic E-state index is 0.0608. The smallest absolute Gasteiger partial charge is 0.252 e. The molecule has 0 radical (unpaired) electrons. The van der Waals surface area contributed by atoms with Gasteiger partial charge < -0.3 is 9.64 Å². The molecule has 10 heteroatoms. The van der Waals surface area contributed by atoms with Crippen molar-refractivity contribution in [2.75, 3.05) is 10.8 Å². The monoisotopic (exact) mass is 613 g/mol. The molecule has 0 unspecified atom stereocenters. The lowest BCUT2D eigenvalue weighted by molar-refractivity contribution is -0.178. The van der Waals surface area contributed by atoms with Gasteiger partial charge in [-0.1, -0.05) is 66.5 Å². The number of carbonyl (C=O) groups is 1. The average Bonchev–Trinajstić information content (AvgIpc) is 3.83. The first kappa shape index (κ1) is 29.6. The maximum absolute atomic E-state index is 14.2. The minimum Gasteiger partial charge on any atom is -0.358 e. The normalized spacial score (nSPS) is 21.9. The van der Waals surface area contributed by atoms with E-state index < -0.39 is 39.6 Å². The van der Waals surface area contributed by atoms with Crippen LogP contribution in [0.25, 0.3) is 0 Å². The molecule has 2 fully saturated rings. The standard InChI is InChI=1S/C31H33Cl2N3O4S/c1-3-8-27-31(37)36(25(4-2)20-35(28-11-5-6-18-34-28)41(38,39)26-16-17-26)29(21-12-14-23(32)15-13-21)30(40-27)22-9-7-10-24(33)19-22/h3,5-7,9-15,18-19,25-27,29-30H,1,4,8,16-17,20H2,2H3/t25-,27+,29-,30-/m1/s1. The van der Waals surface area contributed by atoms with Gasteiger partial charge in [-0.25, -0.2) is 13.4 Å². The van der Waals surface area contributed by atoms with Crippen LogP contribution < -0.4 is 4.31 Å². The summed E-state index contributed by atoms with van der Waals surface area (Å²) in [4.78, 5) is 20.4. The number of sulfonamides is 1. The fraction of sp³-hybridized carbons (Fsp3) is 0.355. The number of ether oxygens (including phenoxy) is 1. The van der Waals surface area contributed by atoms with Crippen LogP contribution in [0.1, 0.15) is 55.9 Å². The maximum atomic E-state index is 14.2. The Morgan fingerprint density at radius 2 is 1.83 bits per heavy atom. The zero-order valence-electron chi connectivity index (χ0n) is 22.8. The Morgan fingerprint density at radius 1 is 1.07 bits per heavy atom. The van der Waals surface area contributed by atoms with Crippen molar-refractivity contribution < 1.29 is 17.9 Å². The number of aromatic nitrogens is 1. The molecule has 1 saturated carbocycles. The van der Waals surface area contributed by atoms with Crippen LogP contribution in [-0.2, 0) is 19.6 Å². The van der Waals surface area contributed by atoms with Crippen LogP contribution in [0.2, 0.25) is 10.0 Å². The summed E-state index contributed by atoms with van der Waals surface area (Å²) >= 11 is 12.6. The number of amides is 1. The summed E-state index contributed by atoms with van der Waals surface area (Å²) in [6.07, 6.45) is 3.92. The summed E-state index contributed by atoms with van der Waals surface area (Å²) in [7, 11) is -3.67. The Bertz CT molecular complexity index is 1480. The third kappa shape index (κ3) is 6.31. The number of carbonyl (C=O) groups excluding carboxylic acids is 1. The highest BCUT2D eigenvalue weighted by Gasteiger charge is 2.48. The molecule has 1 amide bonds. The SMILES string of the molecule is C=CC[C@@H]1O[C@H](c2cccc(Cl)c2)[C@@H](c2ccc(Cl)cc2)N([C@H](CC)CN(c2ccccn2)S(=O)(=O)C2CC2)C1=O. The third-order valence-electron chi connectivity index (χ3n) is 7.60. The Balaban J connectivity index is 1.63. The molecule has 216 valence electrons. The predicted molar refractivity (Wildman–Crippen MR) is 163 cm³/mol. The van der Waals surface area contributed by atoms with Crippen molar-refractivity contribution in [2.45, 2.75) is 62.1 Å². The van der Waals surface area contributed by atoms with E-state index in [1.165, 1.54) is 4.31 Å². The zero-order chi connectivity index (χ0) is 29.1. The van der Waals surface area contributed by atoms with Crippen molar-refractivity contribution in [3.05, 3.63) is 107 Å². The number of halogens is 2. The van der Waals surface area contributed by atoms with Crippen LogP contribution in [-0.4, -0.2) is 48.1 Å². The molecule has 2 aromatic carbocycles. The first-order valence-electron chi connectivity index (χ1n) is 13.8. The first-order chi connectivity index (χ1) is 19.7. The number of pyridine rings is 1. The lowest BCUT2D eigenvalue weighted by Crippen LogP contribution is -2.57. The second kappa shape index (κ2) is 12.5. The number of rotatable bonds is 11. The Morgan fingerprint density at radius 3 is 2.44 bits per heavy atom. The highest BCUT2D eigenvalue weighted by atomic mass is 35.5.